The molecule has 0 heterocycles. The summed E-state index contributed by atoms with van der Waals surface area (Å²) in [5.41, 5.74) is -0.263. The first-order chi connectivity index (χ1) is 9.61. The van der Waals surface area contributed by atoms with Gasteiger partial charge in [-0.05, 0) is 12.0 Å². The summed E-state index contributed by atoms with van der Waals surface area (Å²) in [4.78, 5) is 10.3. The van der Waals surface area contributed by atoms with Crippen molar-refractivity contribution in [1.29, 1.82) is 0 Å². The van der Waals surface area contributed by atoms with Gasteiger partial charge in [0.25, 0.3) is 0 Å². The van der Waals surface area contributed by atoms with Crippen LogP contribution in [0.4, 0.5) is 5.69 Å². The molecule has 0 saturated carbocycles. The molecule has 0 radical (unpaired) electrons. The molecule has 0 fully saturated rings. The van der Waals surface area contributed by atoms with E-state index in [1.165, 1.54) is 18.2 Å². The van der Waals surface area contributed by atoms with E-state index < -0.39 is 20.9 Å². The summed E-state index contributed by atoms with van der Waals surface area (Å²) in [6, 6.07) is 4.18. The van der Waals surface area contributed by atoms with Gasteiger partial charge in [0.15, 0.2) is 0 Å². The smallest absolute Gasteiger partial charge is 0.312 e. The van der Waals surface area contributed by atoms with Crippen molar-refractivity contribution in [3.63, 3.8) is 0 Å². The van der Waals surface area contributed by atoms with Crippen molar-refractivity contribution in [2.75, 3.05) is 12.4 Å². The fourth-order valence-corrected chi connectivity index (χ4v) is 3.01. The van der Waals surface area contributed by atoms with Gasteiger partial charge in [-0.1, -0.05) is 31.5 Å². The number of nitrogens with zero attached hydrogens (tertiary/aromatic N) is 1. The molecule has 0 aromatic heterocycles. The Balaban J connectivity index is 2.93. The maximum absolute atomic E-state index is 11.2. The highest BCUT2D eigenvalue weighted by Gasteiger charge is 2.24. The normalized spacial score (nSPS) is 13.2. The molecular formula is C12H17ClN2O5S. The lowest BCUT2D eigenvalue weighted by atomic mass is 9.99. The molecule has 2 N–H and O–H groups in total. The monoisotopic (exact) mass is 336 g/mol. The predicted molar refractivity (Wildman–Crippen MR) is 79.9 cm³/mol. The van der Waals surface area contributed by atoms with Crippen molar-refractivity contribution in [3.8, 4) is 5.75 Å². The molecule has 21 heavy (non-hydrogen) atoms. The number of nitro benzene ring substituents is 1. The van der Waals surface area contributed by atoms with Gasteiger partial charge >= 0.3 is 5.69 Å². The van der Waals surface area contributed by atoms with Crippen molar-refractivity contribution in [1.82, 2.24) is 0 Å². The molecule has 0 aliphatic rings. The molecule has 9 heteroatoms. The molecule has 1 aromatic carbocycles. The Bertz CT molecular complexity index is 618. The average molecular weight is 337 g/mol. The molecule has 1 atom stereocenters. The van der Waals surface area contributed by atoms with Crippen molar-refractivity contribution < 1.29 is 18.1 Å². The number of benzene rings is 1. The maximum Gasteiger partial charge on any atom is 0.312 e. The minimum absolute atomic E-state index is 0.0233. The van der Waals surface area contributed by atoms with Gasteiger partial charge in [0, 0.05) is 12.0 Å². The zero-order valence-corrected chi connectivity index (χ0v) is 13.2. The van der Waals surface area contributed by atoms with E-state index in [2.05, 4.69) is 0 Å². The van der Waals surface area contributed by atoms with Gasteiger partial charge in [0.1, 0.15) is 0 Å². The number of sulfonamides is 1. The Labute approximate surface area is 128 Å². The molecule has 1 aromatic rings. The van der Waals surface area contributed by atoms with Crippen LogP contribution in [0.3, 0.4) is 0 Å². The lowest BCUT2D eigenvalue weighted by molar-refractivity contribution is -0.385. The van der Waals surface area contributed by atoms with Gasteiger partial charge in [-0.2, -0.15) is 0 Å². The molecule has 0 spiro atoms. The fourth-order valence-electron chi connectivity index (χ4n) is 1.71. The average Bonchev–Trinajstić information content (AvgIpc) is 2.33. The molecule has 0 amide bonds. The number of para-hydroxylation sites is 1. The summed E-state index contributed by atoms with van der Waals surface area (Å²) in [5, 5.41) is 16.1. The summed E-state index contributed by atoms with van der Waals surface area (Å²) < 4.78 is 27.8. The third-order valence-corrected chi connectivity index (χ3v) is 4.16. The Hall–Kier alpha value is -1.38. The largest absolute Gasteiger partial charge is 0.485 e. The van der Waals surface area contributed by atoms with Crippen LogP contribution in [-0.2, 0) is 10.0 Å². The minimum Gasteiger partial charge on any atom is -0.485 e. The van der Waals surface area contributed by atoms with Gasteiger partial charge in [-0.15, -0.1) is 0 Å². The molecule has 0 bridgehead atoms. The first-order valence-electron chi connectivity index (χ1n) is 6.18. The lowest BCUT2D eigenvalue weighted by Crippen LogP contribution is -2.30. The molecule has 7 nitrogen and oxygen atoms in total. The van der Waals surface area contributed by atoms with Crippen LogP contribution in [0.1, 0.15) is 13.8 Å². The summed E-state index contributed by atoms with van der Waals surface area (Å²) in [7, 11) is -3.66. The van der Waals surface area contributed by atoms with Crippen molar-refractivity contribution >= 4 is 27.3 Å². The number of nitro groups is 1. The highest BCUT2D eigenvalue weighted by Crippen LogP contribution is 2.35. The van der Waals surface area contributed by atoms with Crippen LogP contribution in [0.5, 0.6) is 5.75 Å². The molecule has 0 aliphatic heterocycles. The first kappa shape index (κ1) is 17.7. The van der Waals surface area contributed by atoms with Crippen LogP contribution in [0, 0.1) is 22.0 Å². The van der Waals surface area contributed by atoms with E-state index in [0.717, 1.165) is 0 Å². The first-order valence-corrected chi connectivity index (χ1v) is 8.27. The number of ether oxygens (including phenoxy) is 1. The topological polar surface area (TPSA) is 113 Å². The summed E-state index contributed by atoms with van der Waals surface area (Å²) in [5.74, 6) is -0.742. The number of nitrogens with two attached hydrogens (primary N) is 1. The van der Waals surface area contributed by atoms with Crippen LogP contribution in [-0.4, -0.2) is 25.7 Å². The van der Waals surface area contributed by atoms with E-state index in [1.807, 2.05) is 13.8 Å². The predicted octanol–water partition coefficient (Wildman–Crippen LogP) is 2.19. The fraction of sp³-hybridized carbons (Fsp3) is 0.500. The van der Waals surface area contributed by atoms with Gasteiger partial charge < -0.3 is 4.74 Å². The van der Waals surface area contributed by atoms with E-state index >= 15 is 0 Å². The van der Waals surface area contributed by atoms with E-state index in [9.17, 15) is 18.5 Å². The number of halogens is 1. The molecule has 1 unspecified atom stereocenters. The van der Waals surface area contributed by atoms with Gasteiger partial charge in [-0.25, -0.2) is 13.6 Å². The molecule has 1 rings (SSSR count). The number of hydrogen-bond acceptors (Lipinski definition) is 5. The van der Waals surface area contributed by atoms with Crippen LogP contribution in [0.25, 0.3) is 0 Å². The Kier molecular flexibility index (Phi) is 5.94. The van der Waals surface area contributed by atoms with Gasteiger partial charge in [0.05, 0.1) is 22.3 Å². The van der Waals surface area contributed by atoms with E-state index in [-0.39, 0.29) is 34.7 Å². The maximum atomic E-state index is 11.2. The minimum atomic E-state index is -3.66. The van der Waals surface area contributed by atoms with E-state index in [1.54, 1.807) is 0 Å². The van der Waals surface area contributed by atoms with Crippen LogP contribution >= 0.6 is 11.6 Å². The van der Waals surface area contributed by atoms with Crippen LogP contribution in [0.2, 0.25) is 5.02 Å². The zero-order chi connectivity index (χ0) is 16.2. The Morgan fingerprint density at radius 3 is 2.52 bits per heavy atom. The standard InChI is InChI=1S/C12H17ClN2O5S/c1-8(2)9(7-21(14,18)19)6-20-12-10(13)4-3-5-11(12)15(16)17/h3-5,8-9H,6-7H2,1-2H3,(H2,14,18,19). The lowest BCUT2D eigenvalue weighted by Gasteiger charge is -2.20. The molecule has 118 valence electrons. The Morgan fingerprint density at radius 2 is 2.05 bits per heavy atom. The number of hydrogen-bond donors (Lipinski definition) is 1. The highest BCUT2D eigenvalue weighted by atomic mass is 35.5. The Morgan fingerprint density at radius 1 is 1.43 bits per heavy atom. The third kappa shape index (κ3) is 5.49. The van der Waals surface area contributed by atoms with Crippen molar-refractivity contribution in [2.24, 2.45) is 17.0 Å². The number of primary sulfonamides is 1. The molecular weight excluding hydrogens is 320 g/mol. The van der Waals surface area contributed by atoms with E-state index in [0.29, 0.717) is 0 Å². The second-order valence-corrected chi connectivity index (χ2v) is 7.06. The summed E-state index contributed by atoms with van der Waals surface area (Å²) in [6.45, 7) is 3.61. The summed E-state index contributed by atoms with van der Waals surface area (Å²) in [6.07, 6.45) is 0. The van der Waals surface area contributed by atoms with Crippen molar-refractivity contribution in [3.05, 3.63) is 33.3 Å². The van der Waals surface area contributed by atoms with Crippen LogP contribution < -0.4 is 9.88 Å². The van der Waals surface area contributed by atoms with Crippen LogP contribution in [0.15, 0.2) is 18.2 Å². The second kappa shape index (κ2) is 7.06. The van der Waals surface area contributed by atoms with Gasteiger partial charge in [-0.3, -0.25) is 10.1 Å². The zero-order valence-electron chi connectivity index (χ0n) is 11.7. The van der Waals surface area contributed by atoms with Crippen molar-refractivity contribution in [2.45, 2.75) is 13.8 Å². The second-order valence-electron chi connectivity index (χ2n) is 4.99. The van der Waals surface area contributed by atoms with E-state index in [4.69, 9.17) is 21.5 Å². The SMILES string of the molecule is CC(C)C(COc1c(Cl)cccc1[N+](=O)[O-])CS(N)(=O)=O. The molecule has 0 saturated heterocycles. The third-order valence-electron chi connectivity index (χ3n) is 2.97. The number of rotatable bonds is 7. The molecule has 0 aliphatic carbocycles. The quantitative estimate of drug-likeness (QED) is 0.605. The highest BCUT2D eigenvalue weighted by molar-refractivity contribution is 7.89. The van der Waals surface area contributed by atoms with Gasteiger partial charge in [0.2, 0.25) is 15.8 Å². The summed E-state index contributed by atoms with van der Waals surface area (Å²) >= 11 is 5.90.